The molecule has 1 fully saturated rings. The van der Waals surface area contributed by atoms with Crippen LogP contribution in [0.4, 0.5) is 0 Å². The minimum Gasteiger partial charge on any atom is -0.341 e. The molecule has 0 bridgehead atoms. The Morgan fingerprint density at radius 1 is 1.33 bits per heavy atom. The lowest BCUT2D eigenvalue weighted by atomic mass is 9.85. The molecule has 3 heteroatoms. The molecule has 0 spiro atoms. The Morgan fingerprint density at radius 3 is 2.83 bits per heavy atom. The monoisotopic (exact) mass is 244 g/mol. The van der Waals surface area contributed by atoms with Gasteiger partial charge in [0, 0.05) is 32.2 Å². The van der Waals surface area contributed by atoms with Crippen molar-refractivity contribution in [3.63, 3.8) is 0 Å². The van der Waals surface area contributed by atoms with Crippen molar-refractivity contribution in [3.8, 4) is 0 Å². The van der Waals surface area contributed by atoms with Gasteiger partial charge in [-0.3, -0.25) is 4.79 Å². The van der Waals surface area contributed by atoms with Crippen LogP contribution in [-0.2, 0) is 13.1 Å². The van der Waals surface area contributed by atoms with Gasteiger partial charge in [0.25, 0.3) is 5.91 Å². The normalized spacial score (nSPS) is 18.3. The first-order chi connectivity index (χ1) is 8.74. The summed E-state index contributed by atoms with van der Waals surface area (Å²) in [6.07, 6.45) is 3.90. The van der Waals surface area contributed by atoms with Crippen molar-refractivity contribution in [2.45, 2.75) is 32.4 Å². The SMILES string of the molecule is CN(CC1CCC1)C(=O)c1ccc2c(c1)CNC2. The molecule has 3 nitrogen and oxygen atoms in total. The Hall–Kier alpha value is -1.35. The van der Waals surface area contributed by atoms with Crippen molar-refractivity contribution in [2.24, 2.45) is 5.92 Å². The first kappa shape index (κ1) is 11.7. The molecule has 96 valence electrons. The number of benzene rings is 1. The van der Waals surface area contributed by atoms with Crippen LogP contribution in [0.3, 0.4) is 0 Å². The second kappa shape index (κ2) is 4.73. The van der Waals surface area contributed by atoms with Gasteiger partial charge in [-0.2, -0.15) is 0 Å². The molecular formula is C15H20N2O. The molecule has 0 aromatic heterocycles. The van der Waals surface area contributed by atoms with E-state index in [1.807, 2.05) is 18.0 Å². The summed E-state index contributed by atoms with van der Waals surface area (Å²) in [5.74, 6) is 0.895. The van der Waals surface area contributed by atoms with Crippen LogP contribution in [-0.4, -0.2) is 24.4 Å². The number of nitrogens with one attached hydrogen (secondary N) is 1. The summed E-state index contributed by atoms with van der Waals surface area (Å²) in [4.78, 5) is 14.2. The lowest BCUT2D eigenvalue weighted by Crippen LogP contribution is -2.34. The van der Waals surface area contributed by atoms with E-state index in [2.05, 4.69) is 17.4 Å². The van der Waals surface area contributed by atoms with Crippen LogP contribution in [0.1, 0.15) is 40.7 Å². The van der Waals surface area contributed by atoms with Crippen molar-refractivity contribution < 1.29 is 4.79 Å². The zero-order chi connectivity index (χ0) is 12.5. The number of fused-ring (bicyclic) bond motifs is 1. The molecule has 1 aromatic carbocycles. The van der Waals surface area contributed by atoms with E-state index in [0.717, 1.165) is 31.1 Å². The quantitative estimate of drug-likeness (QED) is 0.883. The fourth-order valence-corrected chi connectivity index (χ4v) is 2.79. The third-order valence-electron chi connectivity index (χ3n) is 4.19. The van der Waals surface area contributed by atoms with Crippen molar-refractivity contribution in [3.05, 3.63) is 34.9 Å². The summed E-state index contributed by atoms with van der Waals surface area (Å²) in [5.41, 5.74) is 3.44. The molecule has 0 radical (unpaired) electrons. The first-order valence-corrected chi connectivity index (χ1v) is 6.82. The van der Waals surface area contributed by atoms with Crippen molar-refractivity contribution >= 4 is 5.91 Å². The summed E-state index contributed by atoms with van der Waals surface area (Å²) < 4.78 is 0. The third-order valence-corrected chi connectivity index (χ3v) is 4.19. The summed E-state index contributed by atoms with van der Waals surface area (Å²) in [7, 11) is 1.92. The van der Waals surface area contributed by atoms with E-state index in [4.69, 9.17) is 0 Å². The Kier molecular flexibility index (Phi) is 3.08. The number of amides is 1. The zero-order valence-corrected chi connectivity index (χ0v) is 10.9. The zero-order valence-electron chi connectivity index (χ0n) is 10.9. The van der Waals surface area contributed by atoms with Crippen molar-refractivity contribution in [2.75, 3.05) is 13.6 Å². The largest absolute Gasteiger partial charge is 0.341 e. The summed E-state index contributed by atoms with van der Waals surface area (Å²) >= 11 is 0. The Bertz CT molecular complexity index is 466. The second-order valence-corrected chi connectivity index (χ2v) is 5.57. The predicted molar refractivity (Wildman–Crippen MR) is 71.3 cm³/mol. The molecule has 1 aromatic rings. The van der Waals surface area contributed by atoms with Crippen LogP contribution in [0.25, 0.3) is 0 Å². The molecule has 3 rings (SSSR count). The molecule has 1 aliphatic heterocycles. The van der Waals surface area contributed by atoms with Gasteiger partial charge in [-0.15, -0.1) is 0 Å². The van der Waals surface area contributed by atoms with Crippen LogP contribution in [0.15, 0.2) is 18.2 Å². The van der Waals surface area contributed by atoms with Gasteiger partial charge in [0.1, 0.15) is 0 Å². The molecule has 1 saturated carbocycles. The number of carbonyl (C=O) groups is 1. The van der Waals surface area contributed by atoms with E-state index < -0.39 is 0 Å². The van der Waals surface area contributed by atoms with Gasteiger partial charge >= 0.3 is 0 Å². The fraction of sp³-hybridized carbons (Fsp3) is 0.533. The molecule has 0 saturated heterocycles. The minimum absolute atomic E-state index is 0.164. The molecule has 2 aliphatic rings. The van der Waals surface area contributed by atoms with E-state index in [9.17, 15) is 4.79 Å². The highest BCUT2D eigenvalue weighted by Crippen LogP contribution is 2.27. The van der Waals surface area contributed by atoms with E-state index in [-0.39, 0.29) is 5.91 Å². The molecule has 0 atom stereocenters. The molecular weight excluding hydrogens is 224 g/mol. The van der Waals surface area contributed by atoms with Gasteiger partial charge in [0.15, 0.2) is 0 Å². The molecule has 1 amide bonds. The first-order valence-electron chi connectivity index (χ1n) is 6.82. The lowest BCUT2D eigenvalue weighted by molar-refractivity contribution is 0.0745. The van der Waals surface area contributed by atoms with Crippen molar-refractivity contribution in [1.82, 2.24) is 10.2 Å². The van der Waals surface area contributed by atoms with Gasteiger partial charge in [0.2, 0.25) is 0 Å². The van der Waals surface area contributed by atoms with Crippen LogP contribution in [0.2, 0.25) is 0 Å². The van der Waals surface area contributed by atoms with E-state index in [0.29, 0.717) is 0 Å². The smallest absolute Gasteiger partial charge is 0.253 e. The van der Waals surface area contributed by atoms with Crippen LogP contribution >= 0.6 is 0 Å². The van der Waals surface area contributed by atoms with Crippen LogP contribution in [0, 0.1) is 5.92 Å². The number of carbonyl (C=O) groups excluding carboxylic acids is 1. The highest BCUT2D eigenvalue weighted by Gasteiger charge is 2.22. The molecule has 0 unspecified atom stereocenters. The summed E-state index contributed by atoms with van der Waals surface area (Å²) in [6.45, 7) is 2.73. The standard InChI is InChI=1S/C15H20N2O/c1-17(10-11-3-2-4-11)15(18)12-5-6-13-8-16-9-14(13)7-12/h5-7,11,16H,2-4,8-10H2,1H3. The summed E-state index contributed by atoms with van der Waals surface area (Å²) in [6, 6.07) is 6.10. The minimum atomic E-state index is 0.164. The average molecular weight is 244 g/mol. The number of rotatable bonds is 3. The van der Waals surface area contributed by atoms with E-state index in [1.54, 1.807) is 0 Å². The Labute approximate surface area is 108 Å². The van der Waals surface area contributed by atoms with Gasteiger partial charge < -0.3 is 10.2 Å². The van der Waals surface area contributed by atoms with Crippen LogP contribution < -0.4 is 5.32 Å². The highest BCUT2D eigenvalue weighted by molar-refractivity contribution is 5.94. The topological polar surface area (TPSA) is 32.3 Å². The van der Waals surface area contributed by atoms with E-state index in [1.165, 1.54) is 30.4 Å². The number of nitrogens with zero attached hydrogens (tertiary/aromatic N) is 1. The maximum atomic E-state index is 12.3. The molecule has 1 N–H and O–H groups in total. The molecule has 18 heavy (non-hydrogen) atoms. The Balaban J connectivity index is 1.71. The maximum Gasteiger partial charge on any atom is 0.253 e. The second-order valence-electron chi connectivity index (χ2n) is 5.57. The average Bonchev–Trinajstić information content (AvgIpc) is 2.79. The van der Waals surface area contributed by atoms with Gasteiger partial charge in [-0.05, 0) is 42.0 Å². The number of hydrogen-bond acceptors (Lipinski definition) is 2. The third kappa shape index (κ3) is 2.15. The Morgan fingerprint density at radius 2 is 2.11 bits per heavy atom. The number of hydrogen-bond donors (Lipinski definition) is 1. The van der Waals surface area contributed by atoms with Gasteiger partial charge in [-0.25, -0.2) is 0 Å². The van der Waals surface area contributed by atoms with Gasteiger partial charge in [-0.1, -0.05) is 12.5 Å². The van der Waals surface area contributed by atoms with E-state index >= 15 is 0 Å². The van der Waals surface area contributed by atoms with Crippen molar-refractivity contribution in [1.29, 1.82) is 0 Å². The maximum absolute atomic E-state index is 12.3. The molecule has 1 aliphatic carbocycles. The predicted octanol–water partition coefficient (Wildman–Crippen LogP) is 2.16. The molecule has 1 heterocycles. The van der Waals surface area contributed by atoms with Crippen LogP contribution in [0.5, 0.6) is 0 Å². The summed E-state index contributed by atoms with van der Waals surface area (Å²) in [5, 5.41) is 3.31. The van der Waals surface area contributed by atoms with Gasteiger partial charge in [0.05, 0.1) is 0 Å². The lowest BCUT2D eigenvalue weighted by Gasteiger charge is -2.30. The highest BCUT2D eigenvalue weighted by atomic mass is 16.2. The fourth-order valence-electron chi connectivity index (χ4n) is 2.79.